The molecular formula is C20H16N6. The van der Waals surface area contributed by atoms with Crippen LogP contribution in [0.2, 0.25) is 0 Å². The Morgan fingerprint density at radius 2 is 1.96 bits per heavy atom. The SMILES string of the molecule is Cc1cncc2nc([C@@H]3CC3c3cn4ccc5ccccc5c4n3)nn12. The molecule has 1 aliphatic rings. The fraction of sp³-hybridized carbons (Fsp3) is 0.200. The topological polar surface area (TPSA) is 60.4 Å². The molecule has 0 amide bonds. The molecule has 0 radical (unpaired) electrons. The third kappa shape index (κ3) is 1.92. The molecule has 6 nitrogen and oxygen atoms in total. The number of aromatic nitrogens is 6. The van der Waals surface area contributed by atoms with Gasteiger partial charge in [0.25, 0.3) is 0 Å². The second kappa shape index (κ2) is 4.88. The van der Waals surface area contributed by atoms with Crippen molar-refractivity contribution >= 4 is 22.1 Å². The Bertz CT molecular complexity index is 1300. The van der Waals surface area contributed by atoms with Crippen molar-refractivity contribution in [2.45, 2.75) is 25.2 Å². The number of nitrogens with zero attached hydrogens (tertiary/aromatic N) is 6. The zero-order valence-corrected chi connectivity index (χ0v) is 14.2. The summed E-state index contributed by atoms with van der Waals surface area (Å²) in [6.45, 7) is 2.00. The van der Waals surface area contributed by atoms with Gasteiger partial charge in [0, 0.05) is 35.8 Å². The van der Waals surface area contributed by atoms with E-state index in [2.05, 4.69) is 62.2 Å². The van der Waals surface area contributed by atoms with Crippen molar-refractivity contribution < 1.29 is 0 Å². The molecule has 6 heteroatoms. The molecule has 0 aliphatic heterocycles. The van der Waals surface area contributed by atoms with Crippen LogP contribution in [0.4, 0.5) is 0 Å². The van der Waals surface area contributed by atoms with Gasteiger partial charge in [-0.1, -0.05) is 24.3 Å². The second-order valence-corrected chi connectivity index (χ2v) is 7.04. The largest absolute Gasteiger partial charge is 0.306 e. The number of aryl methyl sites for hydroxylation is 1. The van der Waals surface area contributed by atoms with Crippen LogP contribution < -0.4 is 0 Å². The summed E-state index contributed by atoms with van der Waals surface area (Å²) in [5, 5.41) is 7.09. The summed E-state index contributed by atoms with van der Waals surface area (Å²) in [5.74, 6) is 1.62. The molecule has 26 heavy (non-hydrogen) atoms. The number of hydrogen-bond acceptors (Lipinski definition) is 4. The van der Waals surface area contributed by atoms with Crippen molar-refractivity contribution in [3.63, 3.8) is 0 Å². The van der Waals surface area contributed by atoms with E-state index in [9.17, 15) is 0 Å². The lowest BCUT2D eigenvalue weighted by Gasteiger charge is -1.98. The lowest BCUT2D eigenvalue weighted by Crippen LogP contribution is -1.94. The molecule has 0 bridgehead atoms. The van der Waals surface area contributed by atoms with Crippen molar-refractivity contribution in [1.82, 2.24) is 29.0 Å². The summed E-state index contributed by atoms with van der Waals surface area (Å²) in [6.07, 6.45) is 8.85. The van der Waals surface area contributed by atoms with Gasteiger partial charge >= 0.3 is 0 Å². The molecule has 1 fully saturated rings. The van der Waals surface area contributed by atoms with Crippen LogP contribution in [0, 0.1) is 6.92 Å². The van der Waals surface area contributed by atoms with Crippen molar-refractivity contribution in [2.75, 3.05) is 0 Å². The summed E-state index contributed by atoms with van der Waals surface area (Å²) in [6, 6.07) is 10.5. The predicted molar refractivity (Wildman–Crippen MR) is 98.3 cm³/mol. The van der Waals surface area contributed by atoms with Crippen molar-refractivity contribution in [2.24, 2.45) is 0 Å². The fourth-order valence-electron chi connectivity index (χ4n) is 3.83. The Labute approximate surface area is 149 Å². The Hall–Kier alpha value is -3.28. The van der Waals surface area contributed by atoms with Crippen molar-refractivity contribution in [3.8, 4) is 0 Å². The molecule has 126 valence electrons. The van der Waals surface area contributed by atoms with Crippen molar-refractivity contribution in [1.29, 1.82) is 0 Å². The fourth-order valence-corrected chi connectivity index (χ4v) is 3.83. The van der Waals surface area contributed by atoms with E-state index in [1.807, 2.05) is 17.6 Å². The third-order valence-electron chi connectivity index (χ3n) is 5.30. The van der Waals surface area contributed by atoms with Gasteiger partial charge in [0.05, 0.1) is 17.6 Å². The van der Waals surface area contributed by atoms with E-state index in [0.29, 0.717) is 11.8 Å². The van der Waals surface area contributed by atoms with Crippen LogP contribution in [-0.4, -0.2) is 29.0 Å². The summed E-state index contributed by atoms with van der Waals surface area (Å²) in [4.78, 5) is 13.8. The van der Waals surface area contributed by atoms with Crippen LogP contribution in [0.25, 0.3) is 22.1 Å². The smallest absolute Gasteiger partial charge is 0.174 e. The van der Waals surface area contributed by atoms with Crippen LogP contribution in [0.15, 0.2) is 55.1 Å². The lowest BCUT2D eigenvalue weighted by atomic mass is 10.2. The number of imidazole rings is 1. The molecule has 0 spiro atoms. The maximum atomic E-state index is 4.94. The maximum Gasteiger partial charge on any atom is 0.174 e. The molecule has 4 heterocycles. The van der Waals surface area contributed by atoms with Gasteiger partial charge in [-0.3, -0.25) is 4.98 Å². The first-order valence-corrected chi connectivity index (χ1v) is 8.81. The van der Waals surface area contributed by atoms with Crippen LogP contribution in [-0.2, 0) is 0 Å². The van der Waals surface area contributed by atoms with Gasteiger partial charge < -0.3 is 4.40 Å². The average Bonchev–Trinajstić information content (AvgIpc) is 3.14. The highest BCUT2D eigenvalue weighted by Crippen LogP contribution is 2.53. The minimum Gasteiger partial charge on any atom is -0.306 e. The predicted octanol–water partition coefficient (Wildman–Crippen LogP) is 3.50. The summed E-state index contributed by atoms with van der Waals surface area (Å²) in [5.41, 5.74) is 3.95. The molecular weight excluding hydrogens is 324 g/mol. The Balaban J connectivity index is 1.40. The average molecular weight is 340 g/mol. The quantitative estimate of drug-likeness (QED) is 0.493. The van der Waals surface area contributed by atoms with Crippen LogP contribution in [0.5, 0.6) is 0 Å². The van der Waals surface area contributed by atoms with E-state index in [0.717, 1.165) is 34.9 Å². The van der Waals surface area contributed by atoms with Crippen LogP contribution in [0.3, 0.4) is 0 Å². The number of fused-ring (bicyclic) bond motifs is 4. The lowest BCUT2D eigenvalue weighted by molar-refractivity contribution is 0.832. The highest BCUT2D eigenvalue weighted by Gasteiger charge is 2.44. The molecule has 1 unspecified atom stereocenters. The van der Waals surface area contributed by atoms with Gasteiger partial charge in [-0.15, -0.1) is 0 Å². The number of pyridine rings is 1. The number of hydrogen-bond donors (Lipinski definition) is 0. The minimum atomic E-state index is 0.338. The van der Waals surface area contributed by atoms with Gasteiger partial charge in [-0.05, 0) is 24.8 Å². The molecule has 1 aliphatic carbocycles. The van der Waals surface area contributed by atoms with Gasteiger partial charge in [0.1, 0.15) is 5.65 Å². The van der Waals surface area contributed by atoms with Gasteiger partial charge in [0.2, 0.25) is 0 Å². The highest BCUT2D eigenvalue weighted by atomic mass is 15.3. The first-order valence-electron chi connectivity index (χ1n) is 8.81. The first-order chi connectivity index (χ1) is 12.8. The minimum absolute atomic E-state index is 0.338. The Morgan fingerprint density at radius 1 is 1.04 bits per heavy atom. The molecule has 0 N–H and O–H groups in total. The van der Waals surface area contributed by atoms with E-state index in [4.69, 9.17) is 4.98 Å². The zero-order valence-electron chi connectivity index (χ0n) is 14.2. The molecule has 1 aromatic carbocycles. The van der Waals surface area contributed by atoms with E-state index in [1.54, 1.807) is 6.20 Å². The normalized spacial score (nSPS) is 19.6. The highest BCUT2D eigenvalue weighted by molar-refractivity contribution is 5.93. The van der Waals surface area contributed by atoms with Crippen LogP contribution >= 0.6 is 0 Å². The maximum absolute atomic E-state index is 4.94. The van der Waals surface area contributed by atoms with Crippen molar-refractivity contribution in [3.05, 3.63) is 72.3 Å². The summed E-state index contributed by atoms with van der Waals surface area (Å²) in [7, 11) is 0. The van der Waals surface area contributed by atoms with Gasteiger partial charge in [0.15, 0.2) is 11.5 Å². The molecule has 5 aromatic rings. The first kappa shape index (κ1) is 13.9. The number of benzene rings is 1. The second-order valence-electron chi connectivity index (χ2n) is 7.04. The third-order valence-corrected chi connectivity index (χ3v) is 5.30. The van der Waals surface area contributed by atoms with Gasteiger partial charge in [-0.2, -0.15) is 5.10 Å². The van der Waals surface area contributed by atoms with E-state index < -0.39 is 0 Å². The molecule has 0 saturated heterocycles. The number of rotatable bonds is 2. The van der Waals surface area contributed by atoms with E-state index in [1.165, 1.54) is 10.8 Å². The van der Waals surface area contributed by atoms with Gasteiger partial charge in [-0.25, -0.2) is 14.5 Å². The molecule has 4 aromatic heterocycles. The zero-order chi connectivity index (χ0) is 17.3. The van der Waals surface area contributed by atoms with Crippen LogP contribution in [0.1, 0.15) is 35.5 Å². The summed E-state index contributed by atoms with van der Waals surface area (Å²) >= 11 is 0. The molecule has 2 atom stereocenters. The monoisotopic (exact) mass is 340 g/mol. The summed E-state index contributed by atoms with van der Waals surface area (Å²) < 4.78 is 3.99. The van der Waals surface area contributed by atoms with E-state index in [-0.39, 0.29) is 0 Å². The standard InChI is InChI=1S/C20H16N6/c1-12-9-21-10-18-23-19(24-26(12)18)16-8-15(16)17-11-25-7-6-13-4-2-3-5-14(13)20(25)22-17/h2-7,9-11,15-16H,8H2,1H3/t15?,16-/m1/s1. The van der Waals surface area contributed by atoms with E-state index >= 15 is 0 Å². The Kier molecular flexibility index (Phi) is 2.62. The molecule has 1 saturated carbocycles. The Morgan fingerprint density at radius 3 is 2.88 bits per heavy atom. The molecule has 6 rings (SSSR count).